The Morgan fingerprint density at radius 2 is 0.281 bits per heavy atom. The molecule has 4 N–H and O–H groups in total. The van der Waals surface area contributed by atoms with Crippen molar-refractivity contribution in [3.63, 3.8) is 0 Å². The number of H-pyrrole nitrogens is 4. The van der Waals surface area contributed by atoms with Crippen LogP contribution in [0.3, 0.4) is 0 Å². The minimum absolute atomic E-state index is 0.862. The Kier molecular flexibility index (Phi) is 17.8. The molecule has 18 rings (SSSR count). The Morgan fingerprint density at radius 3 is 0.439 bits per heavy atom. The van der Waals surface area contributed by atoms with Gasteiger partial charge in [0.15, 0.2) is 0 Å². The first kappa shape index (κ1) is 72.5. The summed E-state index contributed by atoms with van der Waals surface area (Å²) in [6.45, 7) is 39.9. The molecule has 10 heterocycles. The van der Waals surface area contributed by atoms with Gasteiger partial charge in [-0.1, -0.05) is 155 Å². The highest BCUT2D eigenvalue weighted by molar-refractivity contribution is 6.05. The lowest BCUT2D eigenvalue weighted by molar-refractivity contribution is 1.27. The zero-order valence-electron chi connectivity index (χ0n) is 68.6. The molecule has 8 aromatic carbocycles. The van der Waals surface area contributed by atoms with E-state index in [4.69, 9.17) is 19.9 Å². The van der Waals surface area contributed by atoms with E-state index in [-0.39, 0.29) is 0 Å². The van der Waals surface area contributed by atoms with Crippen molar-refractivity contribution in [3.8, 4) is 100 Å². The van der Waals surface area contributed by atoms with Crippen molar-refractivity contribution in [2.45, 2.75) is 125 Å². The average molecular weight is 1480 g/mol. The molecular weight excluding hydrogens is 1390 g/mol. The minimum atomic E-state index is 0.862. The van der Waals surface area contributed by atoms with Gasteiger partial charge in [0, 0.05) is 88.6 Å². The van der Waals surface area contributed by atoms with Crippen LogP contribution in [0.2, 0.25) is 0 Å². The molecule has 4 aliphatic rings. The van der Waals surface area contributed by atoms with Crippen LogP contribution in [0.5, 0.6) is 0 Å². The first-order chi connectivity index (χ1) is 54.9. The minimum Gasteiger partial charge on any atom is -0.354 e. The molecule has 0 saturated heterocycles. The highest BCUT2D eigenvalue weighted by Crippen LogP contribution is 2.47. The first-order valence-corrected chi connectivity index (χ1v) is 39.9. The normalized spacial score (nSPS) is 12.3. The van der Waals surface area contributed by atoms with E-state index < -0.39 is 0 Å². The van der Waals surface area contributed by atoms with Crippen LogP contribution < -0.4 is 0 Å². The standard InChI is InChI=1S/C106H94N8/c1-55-43-61(7)93(62(8)44-55)101-81-31-27-77(107-81)99(78-28-32-82(108-78)102(94-63(9)45-56(2)46-64(94)10)86-36-40-90(112-86)105(89-39-35-85(101)111-89)97-69(15)51-59(5)52-70(97)16)75-23-19-73(20-24-75)74-21-25-76(26-22-74)100-79-29-33-83(109-79)103(95-65(11)47-57(3)48-66(95)12)87-37-41-91(113-87)106(98-71(17)53-60(6)54-72(98)18)92-42-38-88(114-92)104(84-34-30-80(100)110-84)96-67(13)49-58(4)50-68(96)14/h19-54,107,109,112,114H,1-18H3. The van der Waals surface area contributed by atoms with Crippen molar-refractivity contribution < 1.29 is 0 Å². The van der Waals surface area contributed by atoms with E-state index in [1.165, 1.54) is 111 Å². The Balaban J connectivity index is 0.840. The molecule has 114 heavy (non-hydrogen) atoms. The molecule has 0 radical (unpaired) electrons. The van der Waals surface area contributed by atoms with E-state index in [1.54, 1.807) is 0 Å². The number of nitrogens with one attached hydrogen (secondary N) is 4. The zero-order valence-corrected chi connectivity index (χ0v) is 68.6. The van der Waals surface area contributed by atoms with Crippen LogP contribution in [0.1, 0.15) is 146 Å². The lowest BCUT2D eigenvalue weighted by atomic mass is 9.92. The molecule has 0 amide bonds. The van der Waals surface area contributed by atoms with Crippen molar-refractivity contribution in [2.75, 3.05) is 0 Å². The van der Waals surface area contributed by atoms with Crippen LogP contribution in [-0.4, -0.2) is 39.9 Å². The largest absolute Gasteiger partial charge is 0.354 e. The molecule has 0 unspecified atom stereocenters. The number of hydrogen-bond donors (Lipinski definition) is 4. The molecule has 4 aliphatic heterocycles. The summed E-state index contributed by atoms with van der Waals surface area (Å²) in [4.78, 5) is 39.3. The molecule has 0 aliphatic carbocycles. The van der Waals surface area contributed by atoms with Gasteiger partial charge in [-0.05, 0) is 344 Å². The smallest absolute Gasteiger partial charge is 0.0737 e. The summed E-state index contributed by atoms with van der Waals surface area (Å²) in [6.07, 6.45) is 17.7. The fourth-order valence-corrected chi connectivity index (χ4v) is 19.7. The van der Waals surface area contributed by atoms with E-state index in [0.717, 1.165) is 179 Å². The van der Waals surface area contributed by atoms with Crippen molar-refractivity contribution in [1.82, 2.24) is 39.9 Å². The summed E-state index contributed by atoms with van der Waals surface area (Å²) in [5.41, 5.74) is 56.1. The molecule has 8 heteroatoms. The van der Waals surface area contributed by atoms with Gasteiger partial charge < -0.3 is 19.9 Å². The van der Waals surface area contributed by atoms with Gasteiger partial charge in [0.25, 0.3) is 0 Å². The third-order valence-electron chi connectivity index (χ3n) is 23.8. The van der Waals surface area contributed by atoms with Crippen LogP contribution in [0.4, 0.5) is 0 Å². The summed E-state index contributed by atoms with van der Waals surface area (Å²) < 4.78 is 0. The lowest BCUT2D eigenvalue weighted by Gasteiger charge is -2.14. The molecular formula is C106H94N8. The number of aromatic nitrogens is 8. The zero-order chi connectivity index (χ0) is 79.1. The van der Waals surface area contributed by atoms with E-state index in [0.29, 0.717) is 0 Å². The molecule has 8 nitrogen and oxygen atoms in total. The molecule has 14 aromatic rings. The second-order valence-electron chi connectivity index (χ2n) is 32.8. The molecule has 16 bridgehead atoms. The molecule has 0 fully saturated rings. The van der Waals surface area contributed by atoms with E-state index in [2.05, 4.69) is 363 Å². The van der Waals surface area contributed by atoms with Crippen LogP contribution in [0, 0.1) is 125 Å². The van der Waals surface area contributed by atoms with Crippen LogP contribution in [-0.2, 0) is 0 Å². The van der Waals surface area contributed by atoms with E-state index in [1.807, 2.05) is 0 Å². The Labute approximate surface area is 668 Å². The third-order valence-corrected chi connectivity index (χ3v) is 23.8. The highest BCUT2D eigenvalue weighted by atomic mass is 14.8. The number of nitrogens with zero attached hydrogens (tertiary/aromatic N) is 4. The third kappa shape index (κ3) is 12.6. The second-order valence-corrected chi connectivity index (χ2v) is 32.8. The predicted octanol–water partition coefficient (Wildman–Crippen LogP) is 28.2. The van der Waals surface area contributed by atoms with E-state index in [9.17, 15) is 0 Å². The van der Waals surface area contributed by atoms with Gasteiger partial charge >= 0.3 is 0 Å². The van der Waals surface area contributed by atoms with Crippen LogP contribution in [0.25, 0.3) is 193 Å². The van der Waals surface area contributed by atoms with Crippen molar-refractivity contribution in [2.24, 2.45) is 0 Å². The van der Waals surface area contributed by atoms with Gasteiger partial charge in [0.2, 0.25) is 0 Å². The summed E-state index contributed by atoms with van der Waals surface area (Å²) in [5, 5.41) is 0. The fraction of sp³-hybridized carbons (Fsp3) is 0.170. The number of aromatic amines is 4. The molecule has 6 aromatic heterocycles. The molecule has 558 valence electrons. The number of aryl methyl sites for hydroxylation is 18. The van der Waals surface area contributed by atoms with Crippen molar-refractivity contribution in [1.29, 1.82) is 0 Å². The van der Waals surface area contributed by atoms with Crippen LogP contribution >= 0.6 is 0 Å². The molecule has 0 spiro atoms. The predicted molar refractivity (Wildman–Crippen MR) is 485 cm³/mol. The first-order valence-electron chi connectivity index (χ1n) is 39.9. The fourth-order valence-electron chi connectivity index (χ4n) is 19.7. The number of benzene rings is 8. The van der Waals surface area contributed by atoms with Crippen LogP contribution in [0.15, 0.2) is 170 Å². The Bertz CT molecular complexity index is 6350. The highest BCUT2D eigenvalue weighted by Gasteiger charge is 2.27. The Morgan fingerprint density at radius 1 is 0.149 bits per heavy atom. The number of hydrogen-bond acceptors (Lipinski definition) is 4. The summed E-state index contributed by atoms with van der Waals surface area (Å²) in [7, 11) is 0. The van der Waals surface area contributed by atoms with Gasteiger partial charge in [-0.3, -0.25) is 0 Å². The van der Waals surface area contributed by atoms with Gasteiger partial charge in [0.05, 0.1) is 45.6 Å². The van der Waals surface area contributed by atoms with Crippen molar-refractivity contribution >= 4 is 92.7 Å². The van der Waals surface area contributed by atoms with Gasteiger partial charge in [-0.15, -0.1) is 0 Å². The van der Waals surface area contributed by atoms with Crippen molar-refractivity contribution in [3.05, 3.63) is 316 Å². The maximum Gasteiger partial charge on any atom is 0.0737 e. The lowest BCUT2D eigenvalue weighted by Crippen LogP contribution is -1.96. The maximum absolute atomic E-state index is 5.79. The summed E-state index contributed by atoms with van der Waals surface area (Å²) >= 11 is 0. The maximum atomic E-state index is 5.79. The second kappa shape index (κ2) is 28.0. The average Bonchev–Trinajstić information content (AvgIpc) is 1.60. The SMILES string of the molecule is Cc1cc(C)c(-c2c3nc(c(-c4c(C)cc(C)cc4C)c4ccc([nH]4)c(-c4c(C)cc(C)cc4C)c4nc(c(-c5ccc(-c6ccc(-c7c8nc(c(-c9c(C)cc(C)cc9C)c9ccc([nH]9)c(-c9c(C)cc(C)cc9C)c9nc(c(-c%10c(C)cc(C)cc%10C)c%10ccc7[nH]%10)C=C9)C=C8)cc6)cc5)c5ccc2[nH]5)C=C4)C=C3)c(C)c1. The monoisotopic (exact) mass is 1480 g/mol. The Hall–Kier alpha value is -13.0. The van der Waals surface area contributed by atoms with Gasteiger partial charge in [-0.2, -0.15) is 0 Å². The van der Waals surface area contributed by atoms with E-state index >= 15 is 0 Å². The van der Waals surface area contributed by atoms with Gasteiger partial charge in [-0.25, -0.2) is 19.9 Å². The molecule has 0 atom stereocenters. The quantitative estimate of drug-likeness (QED) is 0.115. The number of fused-ring (bicyclic) bond motifs is 16. The topological polar surface area (TPSA) is 115 Å². The summed E-state index contributed by atoms with van der Waals surface area (Å²) in [6, 6.07) is 63.6. The van der Waals surface area contributed by atoms with Gasteiger partial charge in [0.1, 0.15) is 0 Å². The number of rotatable bonds is 9. The summed E-state index contributed by atoms with van der Waals surface area (Å²) in [5.74, 6) is 0. The molecule has 0 saturated carbocycles.